The second kappa shape index (κ2) is 10.6. The standard InChI is InChI=1S/C25H40O8/c1-15(7-10-26)5-6-17-16(12-27)11-19(33-23-21(31)20(30)18(29)13-32-23)22-24(2,14-28)8-4-9-25(17,22)3/h7,10-11,17-23,27-31H,4-6,8-9,12-14H2,1-3H3/b15-7+/t17-,18-,19-,20-,21-,22-,23+,24+,25+/m0/s1. The van der Waals surface area contributed by atoms with Crippen LogP contribution in [0.25, 0.3) is 0 Å². The molecule has 0 spiro atoms. The quantitative estimate of drug-likeness (QED) is 0.203. The fraction of sp³-hybridized carbons (Fsp3) is 0.800. The molecule has 1 saturated heterocycles. The third-order valence-electron chi connectivity index (χ3n) is 8.34. The van der Waals surface area contributed by atoms with Crippen molar-refractivity contribution in [2.75, 3.05) is 19.8 Å². The van der Waals surface area contributed by atoms with Crippen LogP contribution in [-0.4, -0.2) is 82.3 Å². The molecule has 0 aromatic heterocycles. The molecule has 0 aromatic rings. The zero-order valence-electron chi connectivity index (χ0n) is 19.9. The van der Waals surface area contributed by atoms with Crippen LogP contribution in [0.15, 0.2) is 23.3 Å². The summed E-state index contributed by atoms with van der Waals surface area (Å²) in [4.78, 5) is 10.9. The van der Waals surface area contributed by atoms with Crippen molar-refractivity contribution in [3.05, 3.63) is 23.3 Å². The van der Waals surface area contributed by atoms with Crippen LogP contribution < -0.4 is 0 Å². The van der Waals surface area contributed by atoms with Gasteiger partial charge in [-0.3, -0.25) is 4.79 Å². The maximum Gasteiger partial charge on any atom is 0.186 e. The van der Waals surface area contributed by atoms with Crippen LogP contribution >= 0.6 is 0 Å². The van der Waals surface area contributed by atoms with Gasteiger partial charge in [0.25, 0.3) is 0 Å². The number of aliphatic hydroxyl groups excluding tert-OH is 5. The minimum Gasteiger partial charge on any atom is -0.396 e. The first kappa shape index (κ1) is 26.5. The molecule has 1 saturated carbocycles. The van der Waals surface area contributed by atoms with Crippen molar-refractivity contribution >= 4 is 6.29 Å². The van der Waals surface area contributed by atoms with Crippen LogP contribution in [0.5, 0.6) is 0 Å². The lowest BCUT2D eigenvalue weighted by Gasteiger charge is -2.60. The van der Waals surface area contributed by atoms with E-state index in [1.165, 1.54) is 0 Å². The maximum atomic E-state index is 10.9. The third kappa shape index (κ3) is 5.12. The van der Waals surface area contributed by atoms with E-state index in [0.717, 1.165) is 49.5 Å². The lowest BCUT2D eigenvalue weighted by atomic mass is 9.47. The van der Waals surface area contributed by atoms with Gasteiger partial charge in [-0.05, 0) is 61.0 Å². The summed E-state index contributed by atoms with van der Waals surface area (Å²) in [6.07, 6.45) is 2.70. The van der Waals surface area contributed by atoms with Crippen molar-refractivity contribution in [1.29, 1.82) is 0 Å². The largest absolute Gasteiger partial charge is 0.396 e. The van der Waals surface area contributed by atoms with Gasteiger partial charge in [-0.1, -0.05) is 31.9 Å². The number of hydrogen-bond acceptors (Lipinski definition) is 8. The number of hydrogen-bond donors (Lipinski definition) is 5. The van der Waals surface area contributed by atoms with Crippen molar-refractivity contribution in [2.24, 2.45) is 22.7 Å². The van der Waals surface area contributed by atoms with Crippen molar-refractivity contribution in [3.8, 4) is 0 Å². The molecular weight excluding hydrogens is 428 g/mol. The van der Waals surface area contributed by atoms with Crippen LogP contribution in [0.3, 0.4) is 0 Å². The fourth-order valence-electron chi connectivity index (χ4n) is 6.59. The Balaban J connectivity index is 1.97. The average Bonchev–Trinajstić information content (AvgIpc) is 2.78. The van der Waals surface area contributed by atoms with Gasteiger partial charge in [0.15, 0.2) is 6.29 Å². The highest BCUT2D eigenvalue weighted by Crippen LogP contribution is 2.61. The lowest BCUT2D eigenvalue weighted by Crippen LogP contribution is -2.60. The minimum atomic E-state index is -1.41. The molecule has 0 unspecified atom stereocenters. The van der Waals surface area contributed by atoms with Crippen LogP contribution in [0.4, 0.5) is 0 Å². The molecule has 3 rings (SSSR count). The van der Waals surface area contributed by atoms with E-state index in [1.807, 2.05) is 13.0 Å². The summed E-state index contributed by atoms with van der Waals surface area (Å²) >= 11 is 0. The van der Waals surface area contributed by atoms with E-state index in [9.17, 15) is 30.3 Å². The van der Waals surface area contributed by atoms with Crippen molar-refractivity contribution < 1.29 is 39.8 Å². The van der Waals surface area contributed by atoms with Crippen LogP contribution in [0.2, 0.25) is 0 Å². The second-order valence-corrected chi connectivity index (χ2v) is 10.6. The number of fused-ring (bicyclic) bond motifs is 1. The van der Waals surface area contributed by atoms with Gasteiger partial charge in [0, 0.05) is 12.5 Å². The summed E-state index contributed by atoms with van der Waals surface area (Å²) in [7, 11) is 0. The Labute approximate surface area is 195 Å². The molecule has 0 aromatic carbocycles. The highest BCUT2D eigenvalue weighted by atomic mass is 16.7. The predicted molar refractivity (Wildman–Crippen MR) is 121 cm³/mol. The van der Waals surface area contributed by atoms with E-state index in [4.69, 9.17) is 9.47 Å². The van der Waals surface area contributed by atoms with Gasteiger partial charge >= 0.3 is 0 Å². The van der Waals surface area contributed by atoms with Crippen molar-refractivity contribution in [3.63, 3.8) is 0 Å². The SMILES string of the molecule is C/C(=C\C=O)CC[C@H]1C(CO)=C[C@H](O[C@H]2OC[C@H](O)[C@H](O)[C@@H]2O)[C@H]2[C@@](C)(CO)CCC[C@]12C. The molecule has 9 atom stereocenters. The number of aliphatic hydroxyl groups is 5. The van der Waals surface area contributed by atoms with Crippen LogP contribution in [0, 0.1) is 22.7 Å². The molecule has 1 heterocycles. The van der Waals surface area contributed by atoms with Gasteiger partial charge in [0.1, 0.15) is 24.6 Å². The van der Waals surface area contributed by atoms with E-state index in [0.29, 0.717) is 0 Å². The Kier molecular flexibility index (Phi) is 8.54. The number of carbonyl (C=O) groups is 1. The molecular formula is C25H40O8. The molecule has 33 heavy (non-hydrogen) atoms. The maximum absolute atomic E-state index is 10.9. The predicted octanol–water partition coefficient (Wildman–Crippen LogP) is 1.09. The number of aldehydes is 1. The Morgan fingerprint density at radius 2 is 1.94 bits per heavy atom. The molecule has 1 aliphatic heterocycles. The summed E-state index contributed by atoms with van der Waals surface area (Å²) in [6.45, 7) is 5.83. The second-order valence-electron chi connectivity index (χ2n) is 10.6. The smallest absolute Gasteiger partial charge is 0.186 e. The molecule has 3 aliphatic rings. The Bertz CT molecular complexity index is 751. The molecule has 2 aliphatic carbocycles. The van der Waals surface area contributed by atoms with E-state index in [-0.39, 0.29) is 37.1 Å². The molecule has 0 radical (unpaired) electrons. The normalized spacial score (nSPS) is 44.2. The Hall–Kier alpha value is -1.13. The number of allylic oxidation sites excluding steroid dienone is 2. The first-order chi connectivity index (χ1) is 15.6. The summed E-state index contributed by atoms with van der Waals surface area (Å²) in [5.41, 5.74) is 1.07. The highest BCUT2D eigenvalue weighted by Gasteiger charge is 2.58. The molecule has 2 fully saturated rings. The summed E-state index contributed by atoms with van der Waals surface area (Å²) < 4.78 is 11.8. The van der Waals surface area contributed by atoms with Gasteiger partial charge in [0.2, 0.25) is 0 Å². The molecule has 5 N–H and O–H groups in total. The third-order valence-corrected chi connectivity index (χ3v) is 8.34. The Morgan fingerprint density at radius 3 is 2.58 bits per heavy atom. The van der Waals surface area contributed by atoms with Crippen LogP contribution in [-0.2, 0) is 14.3 Å². The van der Waals surface area contributed by atoms with E-state index in [1.54, 1.807) is 6.08 Å². The van der Waals surface area contributed by atoms with Gasteiger partial charge in [-0.15, -0.1) is 0 Å². The van der Waals surface area contributed by atoms with E-state index >= 15 is 0 Å². The highest BCUT2D eigenvalue weighted by molar-refractivity contribution is 5.65. The average molecular weight is 469 g/mol. The summed E-state index contributed by atoms with van der Waals surface area (Å²) in [5.74, 6) is -0.0858. The van der Waals surface area contributed by atoms with E-state index in [2.05, 4.69) is 13.8 Å². The van der Waals surface area contributed by atoms with Crippen LogP contribution in [0.1, 0.15) is 52.9 Å². The van der Waals surface area contributed by atoms with Gasteiger partial charge in [-0.2, -0.15) is 0 Å². The summed E-state index contributed by atoms with van der Waals surface area (Å²) in [6, 6.07) is 0. The monoisotopic (exact) mass is 468 g/mol. The summed E-state index contributed by atoms with van der Waals surface area (Å²) in [5, 5.41) is 51.0. The first-order valence-electron chi connectivity index (χ1n) is 12.0. The molecule has 0 amide bonds. The topological polar surface area (TPSA) is 137 Å². The zero-order valence-corrected chi connectivity index (χ0v) is 19.9. The van der Waals surface area contributed by atoms with Gasteiger partial charge in [0.05, 0.1) is 19.3 Å². The zero-order chi connectivity index (χ0) is 24.4. The first-order valence-corrected chi connectivity index (χ1v) is 12.0. The molecule has 8 heteroatoms. The molecule has 188 valence electrons. The lowest BCUT2D eigenvalue weighted by molar-refractivity contribution is -0.294. The number of carbonyl (C=O) groups excluding carboxylic acids is 1. The van der Waals surface area contributed by atoms with Crippen molar-refractivity contribution in [2.45, 2.75) is 83.6 Å². The Morgan fingerprint density at radius 1 is 1.21 bits per heavy atom. The number of rotatable bonds is 8. The van der Waals surface area contributed by atoms with Gasteiger partial charge < -0.3 is 35.0 Å². The van der Waals surface area contributed by atoms with E-state index < -0.39 is 36.1 Å². The van der Waals surface area contributed by atoms with Crippen molar-refractivity contribution in [1.82, 2.24) is 0 Å². The number of ether oxygens (including phenoxy) is 2. The minimum absolute atomic E-state index is 0.0262. The molecule has 0 bridgehead atoms. The van der Waals surface area contributed by atoms with Gasteiger partial charge in [-0.25, -0.2) is 0 Å². The molecule has 8 nitrogen and oxygen atoms in total. The fourth-order valence-corrected chi connectivity index (χ4v) is 6.59.